The van der Waals surface area contributed by atoms with Gasteiger partial charge < -0.3 is 4.42 Å². The highest BCUT2D eigenvalue weighted by molar-refractivity contribution is 6.35. The molecule has 1 aromatic heterocycles. The molecule has 0 unspecified atom stereocenters. The summed E-state index contributed by atoms with van der Waals surface area (Å²) in [4.78, 5) is 2.22. The van der Waals surface area contributed by atoms with E-state index in [1.165, 1.54) is 5.56 Å². The van der Waals surface area contributed by atoms with E-state index in [1.807, 2.05) is 24.3 Å². The average Bonchev–Trinajstić information content (AvgIpc) is 2.99. The highest BCUT2D eigenvalue weighted by Gasteiger charge is 2.06. The molecule has 2 aromatic carbocycles. The molecule has 0 aliphatic heterocycles. The summed E-state index contributed by atoms with van der Waals surface area (Å²) in [7, 11) is 2.08. The lowest BCUT2D eigenvalue weighted by atomic mass is 10.1. The first-order valence-corrected chi connectivity index (χ1v) is 8.14. The highest BCUT2D eigenvalue weighted by Crippen LogP contribution is 2.23. The summed E-state index contributed by atoms with van der Waals surface area (Å²) in [5, 5.41) is 2.45. The van der Waals surface area contributed by atoms with Gasteiger partial charge in [0.05, 0.1) is 6.26 Å². The Hall–Kier alpha value is -1.74. The van der Waals surface area contributed by atoms with Gasteiger partial charge in [0.15, 0.2) is 0 Å². The number of para-hydroxylation sites is 1. The zero-order valence-corrected chi connectivity index (χ0v) is 14.3. The minimum absolute atomic E-state index is 0.649. The molecule has 0 fully saturated rings. The summed E-state index contributed by atoms with van der Waals surface area (Å²) in [5.74, 6) is 0. The van der Waals surface area contributed by atoms with Crippen molar-refractivity contribution in [1.29, 1.82) is 0 Å². The third kappa shape index (κ3) is 3.97. The van der Waals surface area contributed by atoms with Crippen LogP contribution in [-0.2, 0) is 6.54 Å². The van der Waals surface area contributed by atoms with E-state index >= 15 is 0 Å². The molecule has 4 heteroatoms. The summed E-state index contributed by atoms with van der Waals surface area (Å²) in [6, 6.07) is 13.7. The molecule has 3 aromatic rings. The van der Waals surface area contributed by atoms with Gasteiger partial charge in [-0.25, -0.2) is 0 Å². The van der Waals surface area contributed by atoms with Crippen LogP contribution in [-0.4, -0.2) is 18.5 Å². The van der Waals surface area contributed by atoms with Crippen LogP contribution in [0.2, 0.25) is 10.0 Å². The predicted molar refractivity (Wildman–Crippen MR) is 98.0 cm³/mol. The summed E-state index contributed by atoms with van der Waals surface area (Å²) in [6.07, 6.45) is 5.84. The van der Waals surface area contributed by atoms with Gasteiger partial charge in [-0.3, -0.25) is 4.90 Å². The van der Waals surface area contributed by atoms with Crippen LogP contribution in [0.15, 0.2) is 59.2 Å². The molecule has 0 saturated heterocycles. The number of halogens is 2. The molecule has 2 nitrogen and oxygen atoms in total. The molecule has 0 aliphatic rings. The highest BCUT2D eigenvalue weighted by atomic mass is 35.5. The molecule has 0 atom stereocenters. The van der Waals surface area contributed by atoms with E-state index in [4.69, 9.17) is 27.6 Å². The second-order valence-electron chi connectivity index (χ2n) is 5.52. The normalized spacial score (nSPS) is 11.8. The van der Waals surface area contributed by atoms with E-state index in [-0.39, 0.29) is 0 Å². The Labute approximate surface area is 145 Å². The molecule has 23 heavy (non-hydrogen) atoms. The van der Waals surface area contributed by atoms with Gasteiger partial charge in [0.25, 0.3) is 0 Å². The van der Waals surface area contributed by atoms with E-state index in [2.05, 4.69) is 36.2 Å². The van der Waals surface area contributed by atoms with Gasteiger partial charge in [-0.2, -0.15) is 0 Å². The third-order valence-corrected chi connectivity index (χ3v) is 4.24. The van der Waals surface area contributed by atoms with Gasteiger partial charge in [0.1, 0.15) is 5.58 Å². The minimum Gasteiger partial charge on any atom is -0.464 e. The molecule has 0 saturated carbocycles. The molecule has 0 bridgehead atoms. The molecule has 0 spiro atoms. The molecule has 3 rings (SSSR count). The fourth-order valence-corrected chi connectivity index (χ4v) is 3.00. The van der Waals surface area contributed by atoms with Crippen LogP contribution in [0.25, 0.3) is 17.0 Å². The second-order valence-corrected chi connectivity index (χ2v) is 6.36. The van der Waals surface area contributed by atoms with Crippen molar-refractivity contribution in [2.45, 2.75) is 6.54 Å². The van der Waals surface area contributed by atoms with Crippen LogP contribution >= 0.6 is 23.2 Å². The third-order valence-electron chi connectivity index (χ3n) is 3.68. The number of hydrogen-bond acceptors (Lipinski definition) is 2. The molecule has 0 aliphatic carbocycles. The van der Waals surface area contributed by atoms with Crippen LogP contribution < -0.4 is 0 Å². The Kier molecular flexibility index (Phi) is 5.06. The Morgan fingerprint density at radius 1 is 1.13 bits per heavy atom. The lowest BCUT2D eigenvalue weighted by Gasteiger charge is -2.14. The number of nitrogens with zero attached hydrogens (tertiary/aromatic N) is 1. The number of rotatable bonds is 5. The zero-order chi connectivity index (χ0) is 16.2. The summed E-state index contributed by atoms with van der Waals surface area (Å²) < 4.78 is 5.58. The predicted octanol–water partition coefficient (Wildman–Crippen LogP) is 5.88. The van der Waals surface area contributed by atoms with Crippen molar-refractivity contribution >= 4 is 40.2 Å². The molecule has 0 amide bonds. The topological polar surface area (TPSA) is 16.4 Å². The maximum absolute atomic E-state index is 6.17. The Bertz CT molecular complexity index is 838. The largest absolute Gasteiger partial charge is 0.464 e. The van der Waals surface area contributed by atoms with E-state index in [1.54, 1.807) is 12.3 Å². The van der Waals surface area contributed by atoms with Crippen LogP contribution in [0.3, 0.4) is 0 Å². The van der Waals surface area contributed by atoms with Crippen molar-refractivity contribution in [3.05, 3.63) is 76.0 Å². The van der Waals surface area contributed by atoms with Gasteiger partial charge in [-0.15, -0.1) is 0 Å². The Morgan fingerprint density at radius 2 is 2.00 bits per heavy atom. The monoisotopic (exact) mass is 345 g/mol. The number of likely N-dealkylation sites (N-methyl/N-ethyl adjacent to an activating group) is 1. The number of fused-ring (bicyclic) bond motifs is 1. The summed E-state index contributed by atoms with van der Waals surface area (Å²) in [5.41, 5.74) is 3.12. The van der Waals surface area contributed by atoms with Crippen molar-refractivity contribution in [1.82, 2.24) is 4.90 Å². The minimum atomic E-state index is 0.649. The molecule has 0 N–H and O–H groups in total. The summed E-state index contributed by atoms with van der Waals surface area (Å²) in [6.45, 7) is 1.64. The van der Waals surface area contributed by atoms with E-state index < -0.39 is 0 Å². The zero-order valence-electron chi connectivity index (χ0n) is 12.8. The standard InChI is InChI=1S/C19H17Cl2NO/c1-22(10-3-6-14-7-8-17(20)12-18(14)21)13-16-5-2-4-15-9-11-23-19(15)16/h2-9,11-12H,10,13H2,1H3. The number of benzene rings is 2. The number of furan rings is 1. The molecule has 0 radical (unpaired) electrons. The van der Waals surface area contributed by atoms with Crippen molar-refractivity contribution < 1.29 is 4.42 Å². The first-order chi connectivity index (χ1) is 11.1. The Balaban J connectivity index is 1.64. The van der Waals surface area contributed by atoms with E-state index in [0.717, 1.165) is 29.6 Å². The number of hydrogen-bond donors (Lipinski definition) is 0. The fraction of sp³-hybridized carbons (Fsp3) is 0.158. The molecular weight excluding hydrogens is 329 g/mol. The van der Waals surface area contributed by atoms with Crippen molar-refractivity contribution in [2.75, 3.05) is 13.6 Å². The van der Waals surface area contributed by atoms with Gasteiger partial charge in [0.2, 0.25) is 0 Å². The molecule has 1 heterocycles. The second kappa shape index (κ2) is 7.22. The van der Waals surface area contributed by atoms with E-state index in [9.17, 15) is 0 Å². The van der Waals surface area contributed by atoms with Crippen molar-refractivity contribution in [3.63, 3.8) is 0 Å². The smallest absolute Gasteiger partial charge is 0.138 e. The molecule has 118 valence electrons. The quantitative estimate of drug-likeness (QED) is 0.573. The first kappa shape index (κ1) is 16.1. The maximum Gasteiger partial charge on any atom is 0.138 e. The van der Waals surface area contributed by atoms with Crippen LogP contribution in [0.5, 0.6) is 0 Å². The van der Waals surface area contributed by atoms with Crippen molar-refractivity contribution in [3.8, 4) is 0 Å². The SMILES string of the molecule is CN(CC=Cc1ccc(Cl)cc1Cl)Cc1cccc2ccoc12. The average molecular weight is 346 g/mol. The van der Waals surface area contributed by atoms with Crippen LogP contribution in [0.1, 0.15) is 11.1 Å². The Morgan fingerprint density at radius 3 is 2.83 bits per heavy atom. The van der Waals surface area contributed by atoms with Gasteiger partial charge in [-0.05, 0) is 30.8 Å². The van der Waals surface area contributed by atoms with Crippen LogP contribution in [0, 0.1) is 0 Å². The lowest BCUT2D eigenvalue weighted by Crippen LogP contribution is -2.17. The van der Waals surface area contributed by atoms with E-state index in [0.29, 0.717) is 10.0 Å². The van der Waals surface area contributed by atoms with Crippen molar-refractivity contribution in [2.24, 2.45) is 0 Å². The maximum atomic E-state index is 6.17. The molecular formula is C19H17Cl2NO. The van der Waals surface area contributed by atoms with Gasteiger partial charge in [0, 0.05) is 34.1 Å². The first-order valence-electron chi connectivity index (χ1n) is 7.39. The fourth-order valence-electron chi connectivity index (χ4n) is 2.53. The van der Waals surface area contributed by atoms with Gasteiger partial charge in [-0.1, -0.05) is 59.6 Å². The lowest BCUT2D eigenvalue weighted by molar-refractivity contribution is 0.363. The van der Waals surface area contributed by atoms with Crippen LogP contribution in [0.4, 0.5) is 0 Å². The summed E-state index contributed by atoms with van der Waals surface area (Å²) >= 11 is 12.1. The van der Waals surface area contributed by atoms with Gasteiger partial charge >= 0.3 is 0 Å².